The van der Waals surface area contributed by atoms with Gasteiger partial charge in [0.15, 0.2) is 0 Å². The predicted octanol–water partition coefficient (Wildman–Crippen LogP) is 5.91. The van der Waals surface area contributed by atoms with E-state index in [9.17, 15) is 0 Å². The molecule has 0 aliphatic heterocycles. The maximum Gasteiger partial charge on any atom is 0.124 e. The van der Waals surface area contributed by atoms with Crippen molar-refractivity contribution in [1.29, 1.82) is 0 Å². The first kappa shape index (κ1) is 25.0. The van der Waals surface area contributed by atoms with Crippen molar-refractivity contribution in [3.05, 3.63) is 68.7 Å². The molecule has 3 nitrogen and oxygen atoms in total. The lowest BCUT2D eigenvalue weighted by atomic mass is 10.1. The van der Waals surface area contributed by atoms with Crippen LogP contribution in [0.3, 0.4) is 0 Å². The van der Waals surface area contributed by atoms with Crippen molar-refractivity contribution in [1.82, 2.24) is 4.90 Å². The highest BCUT2D eigenvalue weighted by Gasteiger charge is 2.31. The first-order chi connectivity index (χ1) is 15.2. The Labute approximate surface area is 203 Å². The van der Waals surface area contributed by atoms with E-state index in [2.05, 4.69) is 99.0 Å². The summed E-state index contributed by atoms with van der Waals surface area (Å²) in [6.45, 7) is 9.62. The third-order valence-corrected chi connectivity index (χ3v) is 9.98. The molecule has 0 heterocycles. The predicted molar refractivity (Wildman–Crippen MR) is 143 cm³/mol. The van der Waals surface area contributed by atoms with Gasteiger partial charge in [0.25, 0.3) is 0 Å². The van der Waals surface area contributed by atoms with Crippen LogP contribution in [-0.4, -0.2) is 45.4 Å². The van der Waals surface area contributed by atoms with E-state index in [1.165, 1.54) is 42.9 Å². The van der Waals surface area contributed by atoms with Crippen LogP contribution in [-0.2, 0) is 0 Å². The maximum absolute atomic E-state index is 5.66. The Hall–Kier alpha value is -1.61. The molecule has 0 bridgehead atoms. The number of nitrogens with zero attached hydrogens (tertiary/aromatic N) is 1. The zero-order valence-corrected chi connectivity index (χ0v) is 23.0. The molecule has 3 rings (SSSR count). The molecule has 0 amide bonds. The van der Waals surface area contributed by atoms with E-state index in [4.69, 9.17) is 9.47 Å². The summed E-state index contributed by atoms with van der Waals surface area (Å²) in [5, 5.41) is 2.75. The molecule has 0 radical (unpaired) electrons. The Morgan fingerprint density at radius 3 is 1.66 bits per heavy atom. The summed E-state index contributed by atoms with van der Waals surface area (Å²) in [5.74, 6) is 1.96. The van der Waals surface area contributed by atoms with Crippen LogP contribution in [0.2, 0.25) is 0 Å². The molecule has 0 aromatic heterocycles. The average molecular weight is 516 g/mol. The van der Waals surface area contributed by atoms with Gasteiger partial charge in [-0.25, -0.2) is 0 Å². The fourth-order valence-electron chi connectivity index (χ4n) is 4.55. The quantitative estimate of drug-likeness (QED) is 0.408. The topological polar surface area (TPSA) is 21.7 Å². The molecule has 0 saturated carbocycles. The number of aryl methyl sites for hydroxylation is 4. The van der Waals surface area contributed by atoms with Crippen LogP contribution in [0.5, 0.6) is 11.5 Å². The van der Waals surface area contributed by atoms with Crippen LogP contribution in [0.1, 0.15) is 28.7 Å². The van der Waals surface area contributed by atoms with E-state index < -0.39 is 7.92 Å². The molecule has 0 fully saturated rings. The third kappa shape index (κ3) is 5.14. The van der Waals surface area contributed by atoms with Crippen LogP contribution in [0.25, 0.3) is 0 Å². The Balaban J connectivity index is 2.15. The summed E-state index contributed by atoms with van der Waals surface area (Å²) < 4.78 is 12.6. The van der Waals surface area contributed by atoms with E-state index in [-0.39, 0.29) is 0 Å². The highest BCUT2D eigenvalue weighted by atomic mass is 79.9. The Bertz CT molecular complexity index is 952. The number of hydrogen-bond donors (Lipinski definition) is 0. The maximum atomic E-state index is 5.66. The van der Waals surface area contributed by atoms with Gasteiger partial charge in [0.05, 0.1) is 14.2 Å². The van der Waals surface area contributed by atoms with Crippen LogP contribution < -0.4 is 20.1 Å². The van der Waals surface area contributed by atoms with Gasteiger partial charge in [-0.1, -0.05) is 28.1 Å². The molecule has 2 aromatic rings. The smallest absolute Gasteiger partial charge is 0.124 e. The number of halogens is 1. The minimum atomic E-state index is -0.660. The zero-order valence-electron chi connectivity index (χ0n) is 20.5. The second-order valence-corrected chi connectivity index (χ2v) is 12.0. The fourth-order valence-corrected chi connectivity index (χ4v) is 8.57. The highest BCUT2D eigenvalue weighted by molar-refractivity contribution is 9.11. The van der Waals surface area contributed by atoms with Crippen LogP contribution in [0, 0.1) is 27.7 Å². The van der Waals surface area contributed by atoms with Crippen molar-refractivity contribution in [3.63, 3.8) is 0 Å². The lowest BCUT2D eigenvalue weighted by molar-refractivity contribution is 0.408. The number of allylic oxidation sites excluding steroid dienone is 3. The van der Waals surface area contributed by atoms with Crippen LogP contribution in [0.4, 0.5) is 0 Å². The SMILES string of the molecule is COc1c(C)cc(P(c2cc(C)c(OC)c(C)c2)C2C=CC(CCN(C)C)=C2Br)cc1C. The van der Waals surface area contributed by atoms with E-state index in [0.717, 1.165) is 24.5 Å². The van der Waals surface area contributed by atoms with E-state index in [1.54, 1.807) is 14.2 Å². The van der Waals surface area contributed by atoms with Crippen molar-refractivity contribution in [3.8, 4) is 11.5 Å². The average Bonchev–Trinajstić information content (AvgIpc) is 3.06. The van der Waals surface area contributed by atoms with Gasteiger partial charge < -0.3 is 14.4 Å². The monoisotopic (exact) mass is 515 g/mol. The standard InChI is InChI=1S/C27H35BrNO2P/c1-17-13-22(14-18(2)26(17)30-7)32(23-15-19(3)27(31-8)20(4)16-23)24-10-9-21(25(24)28)11-12-29(5)6/h9-10,13-16,24H,11-12H2,1-8H3. The van der Waals surface area contributed by atoms with Gasteiger partial charge >= 0.3 is 0 Å². The Morgan fingerprint density at radius 2 is 1.28 bits per heavy atom. The van der Waals surface area contributed by atoms with E-state index >= 15 is 0 Å². The van der Waals surface area contributed by atoms with Crippen LogP contribution >= 0.6 is 23.9 Å². The van der Waals surface area contributed by atoms with Gasteiger partial charge in [0.1, 0.15) is 11.5 Å². The second kappa shape index (κ2) is 10.5. The number of hydrogen-bond acceptors (Lipinski definition) is 3. The molecule has 0 spiro atoms. The number of rotatable bonds is 8. The Morgan fingerprint density at radius 1 is 0.844 bits per heavy atom. The largest absolute Gasteiger partial charge is 0.496 e. The molecule has 1 atom stereocenters. The summed E-state index contributed by atoms with van der Waals surface area (Å²) in [6.07, 6.45) is 5.76. The first-order valence-electron chi connectivity index (χ1n) is 11.0. The minimum absolute atomic E-state index is 0.321. The van der Waals surface area contributed by atoms with Gasteiger partial charge in [-0.05, 0) is 119 Å². The molecule has 1 unspecified atom stereocenters. The zero-order chi connectivity index (χ0) is 23.6. The summed E-state index contributed by atoms with van der Waals surface area (Å²) in [7, 11) is 7.10. The molecule has 32 heavy (non-hydrogen) atoms. The molecule has 5 heteroatoms. The summed E-state index contributed by atoms with van der Waals surface area (Å²) in [6, 6.07) is 9.27. The van der Waals surface area contributed by atoms with E-state index in [1.807, 2.05) is 0 Å². The van der Waals surface area contributed by atoms with Crippen molar-refractivity contribution < 1.29 is 9.47 Å². The van der Waals surface area contributed by atoms with Gasteiger partial charge in [-0.3, -0.25) is 0 Å². The van der Waals surface area contributed by atoms with Crippen molar-refractivity contribution >= 4 is 34.5 Å². The molecular formula is C27H35BrNO2P. The molecule has 2 aromatic carbocycles. The van der Waals surface area contributed by atoms with Crippen LogP contribution in [0.15, 0.2) is 46.5 Å². The first-order valence-corrected chi connectivity index (χ1v) is 13.2. The number of ether oxygens (including phenoxy) is 2. The molecule has 0 saturated heterocycles. The van der Waals surface area contributed by atoms with Gasteiger partial charge in [0.2, 0.25) is 0 Å². The molecule has 0 N–H and O–H groups in total. The molecule has 1 aliphatic carbocycles. The lowest BCUT2D eigenvalue weighted by Crippen LogP contribution is -2.22. The number of benzene rings is 2. The fraction of sp³-hybridized carbons (Fsp3) is 0.407. The third-order valence-electron chi connectivity index (χ3n) is 6.01. The molecule has 1 aliphatic rings. The van der Waals surface area contributed by atoms with E-state index in [0.29, 0.717) is 5.66 Å². The van der Waals surface area contributed by atoms with Gasteiger partial charge in [-0.2, -0.15) is 0 Å². The number of methoxy groups -OCH3 is 2. The second-order valence-electron chi connectivity index (χ2n) is 8.83. The molecule has 172 valence electrons. The summed E-state index contributed by atoms with van der Waals surface area (Å²) >= 11 is 4.01. The normalized spacial score (nSPS) is 15.9. The summed E-state index contributed by atoms with van der Waals surface area (Å²) in [4.78, 5) is 2.24. The lowest BCUT2D eigenvalue weighted by Gasteiger charge is -2.28. The molecular weight excluding hydrogens is 481 g/mol. The van der Waals surface area contributed by atoms with Gasteiger partial charge in [0, 0.05) is 16.7 Å². The minimum Gasteiger partial charge on any atom is -0.496 e. The van der Waals surface area contributed by atoms with Crippen molar-refractivity contribution in [2.45, 2.75) is 39.8 Å². The Kier molecular flexibility index (Phi) is 8.25. The van der Waals surface area contributed by atoms with Crippen molar-refractivity contribution in [2.75, 3.05) is 34.9 Å². The summed E-state index contributed by atoms with van der Waals surface area (Å²) in [5.41, 5.74) is 6.47. The van der Waals surface area contributed by atoms with Crippen molar-refractivity contribution in [2.24, 2.45) is 0 Å². The highest BCUT2D eigenvalue weighted by Crippen LogP contribution is 2.50. The van der Waals surface area contributed by atoms with Gasteiger partial charge in [-0.15, -0.1) is 0 Å².